The third-order valence-corrected chi connectivity index (χ3v) is 4.79. The van der Waals surface area contributed by atoms with E-state index in [1.807, 2.05) is 30.4 Å². The molecule has 1 amide bonds. The monoisotopic (exact) mass is 305 g/mol. The van der Waals surface area contributed by atoms with Gasteiger partial charge in [0.2, 0.25) is 0 Å². The number of aryl methyl sites for hydroxylation is 3. The molecule has 0 spiro atoms. The second kappa shape index (κ2) is 5.55. The second-order valence-electron chi connectivity index (χ2n) is 5.46. The molecule has 1 aliphatic heterocycles. The van der Waals surface area contributed by atoms with E-state index in [0.29, 0.717) is 6.54 Å². The van der Waals surface area contributed by atoms with E-state index in [-0.39, 0.29) is 11.9 Å². The third kappa shape index (κ3) is 2.70. The first-order valence-corrected chi connectivity index (χ1v) is 8.03. The van der Waals surface area contributed by atoms with Crippen molar-refractivity contribution in [1.29, 1.82) is 0 Å². The van der Waals surface area contributed by atoms with Crippen molar-refractivity contribution in [3.05, 3.63) is 27.7 Å². The molecule has 0 aliphatic carbocycles. The molecule has 0 bridgehead atoms. The number of likely N-dealkylation sites (tertiary alicyclic amines) is 1. The summed E-state index contributed by atoms with van der Waals surface area (Å²) in [5.41, 5.74) is 2.55. The van der Waals surface area contributed by atoms with Crippen molar-refractivity contribution in [2.45, 2.75) is 39.7 Å². The summed E-state index contributed by atoms with van der Waals surface area (Å²) in [7, 11) is 0. The highest BCUT2D eigenvalue weighted by atomic mass is 32.1. The smallest absolute Gasteiger partial charge is 0.265 e. The number of rotatable bonds is 2. The minimum absolute atomic E-state index is 0.0918. The molecule has 0 N–H and O–H groups in total. The summed E-state index contributed by atoms with van der Waals surface area (Å²) in [5, 5.41) is 4.47. The maximum Gasteiger partial charge on any atom is 0.265 e. The Labute approximate surface area is 127 Å². The molecule has 3 heterocycles. The van der Waals surface area contributed by atoms with Gasteiger partial charge in [-0.25, -0.2) is 14.6 Å². The number of thiazole rings is 1. The number of hydrogen-bond acceptors (Lipinski definition) is 5. The predicted molar refractivity (Wildman–Crippen MR) is 80.5 cm³/mol. The van der Waals surface area contributed by atoms with Crippen molar-refractivity contribution in [1.82, 2.24) is 24.6 Å². The molecule has 1 fully saturated rings. The first-order valence-electron chi connectivity index (χ1n) is 7.15. The van der Waals surface area contributed by atoms with Gasteiger partial charge in [-0.05, 0) is 33.6 Å². The van der Waals surface area contributed by atoms with E-state index >= 15 is 0 Å². The summed E-state index contributed by atoms with van der Waals surface area (Å²) in [4.78, 5) is 23.8. The van der Waals surface area contributed by atoms with Crippen LogP contribution in [-0.4, -0.2) is 43.6 Å². The minimum Gasteiger partial charge on any atom is -0.336 e. The standard InChI is InChI=1S/C14H19N5OS/c1-9-13(21-8-15-9)14(20)18-6-4-5-12(7-18)19-11(3)16-10(2)17-19/h8,12H,4-7H2,1-3H3. The summed E-state index contributed by atoms with van der Waals surface area (Å²) in [5.74, 6) is 1.80. The average Bonchev–Trinajstić information content (AvgIpc) is 3.03. The average molecular weight is 305 g/mol. The first-order chi connectivity index (χ1) is 10.1. The molecule has 1 atom stereocenters. The minimum atomic E-state index is 0.0918. The van der Waals surface area contributed by atoms with E-state index in [1.54, 1.807) is 5.51 Å². The van der Waals surface area contributed by atoms with E-state index in [9.17, 15) is 4.79 Å². The van der Waals surface area contributed by atoms with Crippen LogP contribution >= 0.6 is 11.3 Å². The molecule has 6 nitrogen and oxygen atoms in total. The van der Waals surface area contributed by atoms with Crippen molar-refractivity contribution < 1.29 is 4.79 Å². The van der Waals surface area contributed by atoms with Gasteiger partial charge in [0.1, 0.15) is 16.5 Å². The van der Waals surface area contributed by atoms with Crippen LogP contribution in [0.2, 0.25) is 0 Å². The highest BCUT2D eigenvalue weighted by Crippen LogP contribution is 2.25. The maximum atomic E-state index is 12.6. The molecule has 1 saturated heterocycles. The van der Waals surface area contributed by atoms with Crippen molar-refractivity contribution in [2.24, 2.45) is 0 Å². The topological polar surface area (TPSA) is 63.9 Å². The SMILES string of the molecule is Cc1nc(C)n(C2CCCN(C(=O)c3scnc3C)C2)n1. The Hall–Kier alpha value is -1.76. The lowest BCUT2D eigenvalue weighted by Crippen LogP contribution is -2.41. The molecular formula is C14H19N5OS. The lowest BCUT2D eigenvalue weighted by Gasteiger charge is -2.32. The number of nitrogens with zero attached hydrogens (tertiary/aromatic N) is 5. The van der Waals surface area contributed by atoms with Gasteiger partial charge >= 0.3 is 0 Å². The quantitative estimate of drug-likeness (QED) is 0.852. The van der Waals surface area contributed by atoms with Gasteiger partial charge in [0, 0.05) is 13.1 Å². The van der Waals surface area contributed by atoms with Crippen molar-refractivity contribution in [2.75, 3.05) is 13.1 Å². The Kier molecular flexibility index (Phi) is 3.75. The lowest BCUT2D eigenvalue weighted by atomic mass is 10.1. The largest absolute Gasteiger partial charge is 0.336 e. The molecule has 21 heavy (non-hydrogen) atoms. The van der Waals surface area contributed by atoms with Crippen LogP contribution in [0.15, 0.2) is 5.51 Å². The van der Waals surface area contributed by atoms with Gasteiger partial charge < -0.3 is 4.90 Å². The number of aromatic nitrogens is 4. The van der Waals surface area contributed by atoms with Gasteiger partial charge in [-0.3, -0.25) is 4.79 Å². The molecule has 2 aromatic heterocycles. The zero-order valence-electron chi connectivity index (χ0n) is 12.5. The zero-order valence-corrected chi connectivity index (χ0v) is 13.4. The second-order valence-corrected chi connectivity index (χ2v) is 6.32. The molecule has 2 aromatic rings. The molecule has 0 saturated carbocycles. The van der Waals surface area contributed by atoms with Crippen LogP contribution in [0.5, 0.6) is 0 Å². The number of amides is 1. The number of piperidine rings is 1. The first kappa shape index (κ1) is 14.2. The molecule has 7 heteroatoms. The third-order valence-electron chi connectivity index (χ3n) is 3.88. The van der Waals surface area contributed by atoms with Gasteiger partial charge in [0.25, 0.3) is 5.91 Å². The fourth-order valence-corrected chi connectivity index (χ4v) is 3.64. The highest BCUT2D eigenvalue weighted by molar-refractivity contribution is 7.11. The van der Waals surface area contributed by atoms with E-state index in [1.165, 1.54) is 11.3 Å². The molecule has 1 unspecified atom stereocenters. The highest BCUT2D eigenvalue weighted by Gasteiger charge is 2.28. The van der Waals surface area contributed by atoms with Crippen molar-refractivity contribution in [3.63, 3.8) is 0 Å². The van der Waals surface area contributed by atoms with Gasteiger partial charge in [0.15, 0.2) is 0 Å². The van der Waals surface area contributed by atoms with E-state index in [4.69, 9.17) is 0 Å². The molecule has 112 valence electrons. The van der Waals surface area contributed by atoms with E-state index in [2.05, 4.69) is 15.1 Å². The van der Waals surface area contributed by atoms with Crippen molar-refractivity contribution in [3.8, 4) is 0 Å². The summed E-state index contributed by atoms with van der Waals surface area (Å²) in [6, 6.07) is 0.220. The van der Waals surface area contributed by atoms with E-state index < -0.39 is 0 Å². The molecule has 0 radical (unpaired) electrons. The fourth-order valence-electron chi connectivity index (χ4n) is 2.87. The summed E-state index contributed by atoms with van der Waals surface area (Å²) >= 11 is 1.42. The summed E-state index contributed by atoms with van der Waals surface area (Å²) in [6.45, 7) is 7.25. The normalized spacial score (nSPS) is 19.0. The van der Waals surface area contributed by atoms with Crippen LogP contribution in [0, 0.1) is 20.8 Å². The fraction of sp³-hybridized carbons (Fsp3) is 0.571. The number of carbonyl (C=O) groups is 1. The Morgan fingerprint density at radius 1 is 1.38 bits per heavy atom. The van der Waals surface area contributed by atoms with Gasteiger partial charge in [-0.15, -0.1) is 11.3 Å². The van der Waals surface area contributed by atoms with E-state index in [0.717, 1.165) is 41.6 Å². The zero-order chi connectivity index (χ0) is 15.0. The molecule has 0 aromatic carbocycles. The van der Waals surface area contributed by atoms with Crippen LogP contribution in [-0.2, 0) is 0 Å². The molecular weight excluding hydrogens is 286 g/mol. The maximum absolute atomic E-state index is 12.6. The van der Waals surface area contributed by atoms with Crippen LogP contribution in [0.4, 0.5) is 0 Å². The summed E-state index contributed by atoms with van der Waals surface area (Å²) in [6.07, 6.45) is 2.03. The Balaban J connectivity index is 1.79. The Morgan fingerprint density at radius 2 is 2.19 bits per heavy atom. The Bertz CT molecular complexity index is 662. The summed E-state index contributed by atoms with van der Waals surface area (Å²) < 4.78 is 1.97. The lowest BCUT2D eigenvalue weighted by molar-refractivity contribution is 0.0675. The van der Waals surface area contributed by atoms with Crippen LogP contribution in [0.3, 0.4) is 0 Å². The number of hydrogen-bond donors (Lipinski definition) is 0. The van der Waals surface area contributed by atoms with Crippen LogP contribution in [0.25, 0.3) is 0 Å². The Morgan fingerprint density at radius 3 is 2.81 bits per heavy atom. The van der Waals surface area contributed by atoms with Gasteiger partial charge in [0.05, 0.1) is 17.2 Å². The molecule has 1 aliphatic rings. The van der Waals surface area contributed by atoms with Crippen LogP contribution in [0.1, 0.15) is 45.9 Å². The van der Waals surface area contributed by atoms with Gasteiger partial charge in [-0.1, -0.05) is 0 Å². The van der Waals surface area contributed by atoms with Crippen molar-refractivity contribution >= 4 is 17.2 Å². The predicted octanol–water partition coefficient (Wildman–Crippen LogP) is 2.14. The van der Waals surface area contributed by atoms with Gasteiger partial charge in [-0.2, -0.15) is 5.10 Å². The van der Waals surface area contributed by atoms with Crippen LogP contribution < -0.4 is 0 Å². The number of carbonyl (C=O) groups excluding carboxylic acids is 1. The molecule has 3 rings (SSSR count).